The maximum absolute atomic E-state index is 13.5. The Morgan fingerprint density at radius 1 is 1.08 bits per heavy atom. The van der Waals surface area contributed by atoms with Crippen LogP contribution < -0.4 is 4.90 Å². The fourth-order valence-corrected chi connectivity index (χ4v) is 5.29. The van der Waals surface area contributed by atoms with Crippen LogP contribution in [0.1, 0.15) is 41.9 Å². The highest BCUT2D eigenvalue weighted by Crippen LogP contribution is 2.48. The maximum Gasteiger partial charge on any atom is 0.269 e. The Labute approximate surface area is 219 Å². The van der Waals surface area contributed by atoms with Crippen LogP contribution in [-0.2, 0) is 4.79 Å². The summed E-state index contributed by atoms with van der Waals surface area (Å²) in [6, 6.07) is 20.3. The number of Topliss-reactive ketones (excluding diaryl/α,β-unsaturated/α-hetero) is 1. The van der Waals surface area contributed by atoms with Gasteiger partial charge in [0.2, 0.25) is 0 Å². The third-order valence-corrected chi connectivity index (χ3v) is 7.05. The Balaban J connectivity index is 1.84. The number of halogens is 1. The molecule has 0 bridgehead atoms. The summed E-state index contributed by atoms with van der Waals surface area (Å²) >= 11 is 6.29. The SMILES string of the molecule is Cc1ccc(/C(O)=C2\C(=N)N(c3cccc(Cl)c3)C3=C(C(=O)CCC3)C2c2cccc([N+](=O)[O-])c2)cc1. The second kappa shape index (κ2) is 9.67. The van der Waals surface area contributed by atoms with Gasteiger partial charge in [0.05, 0.1) is 4.92 Å². The van der Waals surface area contributed by atoms with Gasteiger partial charge in [0.1, 0.15) is 11.6 Å². The number of carbonyl (C=O) groups excluding carboxylic acids is 1. The van der Waals surface area contributed by atoms with E-state index in [1.54, 1.807) is 53.4 Å². The number of aliphatic hydroxyl groups excluding tert-OH is 1. The Hall–Kier alpha value is -4.23. The van der Waals surface area contributed by atoms with Gasteiger partial charge in [-0.25, -0.2) is 0 Å². The number of anilines is 1. The van der Waals surface area contributed by atoms with E-state index in [0.29, 0.717) is 52.4 Å². The number of nitro benzene ring substituents is 1. The molecule has 3 aromatic carbocycles. The molecule has 1 aliphatic heterocycles. The van der Waals surface area contributed by atoms with Crippen LogP contribution in [0.15, 0.2) is 89.6 Å². The van der Waals surface area contributed by atoms with E-state index in [2.05, 4.69) is 0 Å². The number of benzene rings is 3. The zero-order valence-electron chi connectivity index (χ0n) is 20.1. The number of aryl methyl sites for hydroxylation is 1. The molecule has 1 unspecified atom stereocenters. The Kier molecular flexibility index (Phi) is 6.39. The average Bonchev–Trinajstić information content (AvgIpc) is 2.88. The van der Waals surface area contributed by atoms with E-state index in [4.69, 9.17) is 11.6 Å². The minimum absolute atomic E-state index is 0.00898. The fourth-order valence-electron chi connectivity index (χ4n) is 5.11. The van der Waals surface area contributed by atoms with Gasteiger partial charge in [-0.1, -0.05) is 59.6 Å². The van der Waals surface area contributed by atoms with E-state index < -0.39 is 10.8 Å². The van der Waals surface area contributed by atoms with Gasteiger partial charge in [-0.15, -0.1) is 0 Å². The lowest BCUT2D eigenvalue weighted by molar-refractivity contribution is -0.384. The van der Waals surface area contributed by atoms with Crippen molar-refractivity contribution in [2.24, 2.45) is 0 Å². The number of hydrogen-bond donors (Lipinski definition) is 2. The number of carbonyl (C=O) groups is 1. The third kappa shape index (κ3) is 4.42. The van der Waals surface area contributed by atoms with Crippen LogP contribution in [0.25, 0.3) is 5.76 Å². The summed E-state index contributed by atoms with van der Waals surface area (Å²) < 4.78 is 0. The summed E-state index contributed by atoms with van der Waals surface area (Å²) in [5, 5.41) is 33.0. The predicted molar refractivity (Wildman–Crippen MR) is 144 cm³/mol. The van der Waals surface area contributed by atoms with Gasteiger partial charge < -0.3 is 5.11 Å². The fraction of sp³-hybridized carbons (Fsp3) is 0.172. The Bertz CT molecular complexity index is 1510. The normalized spacial score (nSPS) is 19.1. The molecule has 1 aliphatic carbocycles. The molecule has 0 fully saturated rings. The van der Waals surface area contributed by atoms with Gasteiger partial charge in [0.15, 0.2) is 5.78 Å². The minimum atomic E-state index is -0.841. The number of hydrogen-bond acceptors (Lipinski definition) is 5. The third-order valence-electron chi connectivity index (χ3n) is 6.82. The van der Waals surface area contributed by atoms with E-state index in [-0.39, 0.29) is 28.6 Å². The lowest BCUT2D eigenvalue weighted by Crippen LogP contribution is -2.42. The number of allylic oxidation sites excluding steroid dienone is 2. The van der Waals surface area contributed by atoms with Gasteiger partial charge in [-0.3, -0.25) is 25.2 Å². The summed E-state index contributed by atoms with van der Waals surface area (Å²) in [6.45, 7) is 1.93. The molecule has 7 nitrogen and oxygen atoms in total. The summed E-state index contributed by atoms with van der Waals surface area (Å²) in [7, 11) is 0. The molecule has 0 aromatic heterocycles. The van der Waals surface area contributed by atoms with Gasteiger partial charge in [-0.2, -0.15) is 0 Å². The van der Waals surface area contributed by atoms with Crippen LogP contribution in [0.5, 0.6) is 0 Å². The molecule has 8 heteroatoms. The zero-order valence-corrected chi connectivity index (χ0v) is 20.8. The number of ketones is 1. The van der Waals surface area contributed by atoms with Gasteiger partial charge in [0, 0.05) is 57.6 Å². The van der Waals surface area contributed by atoms with Crippen molar-refractivity contribution in [2.45, 2.75) is 32.1 Å². The maximum atomic E-state index is 13.5. The summed E-state index contributed by atoms with van der Waals surface area (Å²) in [4.78, 5) is 26.3. The van der Waals surface area contributed by atoms with E-state index >= 15 is 0 Å². The lowest BCUT2D eigenvalue weighted by Gasteiger charge is -2.41. The molecule has 186 valence electrons. The van der Waals surface area contributed by atoms with Gasteiger partial charge in [-0.05, 0) is 43.5 Å². The van der Waals surface area contributed by atoms with Crippen LogP contribution in [0.4, 0.5) is 11.4 Å². The van der Waals surface area contributed by atoms with Crippen LogP contribution in [0.3, 0.4) is 0 Å². The van der Waals surface area contributed by atoms with Crippen molar-refractivity contribution in [3.63, 3.8) is 0 Å². The summed E-state index contributed by atoms with van der Waals surface area (Å²) in [5.41, 5.74) is 3.74. The van der Waals surface area contributed by atoms with Crippen LogP contribution in [-0.4, -0.2) is 21.6 Å². The molecule has 2 N–H and O–H groups in total. The first-order chi connectivity index (χ1) is 17.8. The number of amidine groups is 1. The highest BCUT2D eigenvalue weighted by atomic mass is 35.5. The molecule has 0 saturated carbocycles. The first kappa shape index (κ1) is 24.5. The van der Waals surface area contributed by atoms with Crippen molar-refractivity contribution in [3.8, 4) is 0 Å². The Morgan fingerprint density at radius 3 is 2.51 bits per heavy atom. The average molecular weight is 514 g/mol. The monoisotopic (exact) mass is 513 g/mol. The smallest absolute Gasteiger partial charge is 0.269 e. The molecular formula is C29H24ClN3O4. The molecule has 1 heterocycles. The van der Waals surface area contributed by atoms with Crippen LogP contribution in [0.2, 0.25) is 5.02 Å². The first-order valence-electron chi connectivity index (χ1n) is 11.9. The highest BCUT2D eigenvalue weighted by Gasteiger charge is 2.43. The first-order valence-corrected chi connectivity index (χ1v) is 12.3. The summed E-state index contributed by atoms with van der Waals surface area (Å²) in [6.07, 6.45) is 1.48. The van der Waals surface area contributed by atoms with Crippen molar-refractivity contribution < 1.29 is 14.8 Å². The number of nitrogens with zero attached hydrogens (tertiary/aromatic N) is 2. The minimum Gasteiger partial charge on any atom is -0.507 e. The topological polar surface area (TPSA) is 108 Å². The molecule has 2 aliphatic rings. The van der Waals surface area contributed by atoms with E-state index in [9.17, 15) is 25.4 Å². The predicted octanol–water partition coefficient (Wildman–Crippen LogP) is 7.11. The lowest BCUT2D eigenvalue weighted by atomic mass is 9.73. The largest absolute Gasteiger partial charge is 0.507 e. The van der Waals surface area contributed by atoms with Crippen molar-refractivity contribution >= 4 is 40.4 Å². The molecule has 1 atom stereocenters. The number of non-ortho nitro benzene ring substituents is 1. The van der Waals surface area contributed by atoms with E-state index in [1.165, 1.54) is 12.1 Å². The van der Waals surface area contributed by atoms with E-state index in [1.807, 2.05) is 19.1 Å². The summed E-state index contributed by atoms with van der Waals surface area (Å²) in [5.74, 6) is -1.11. The molecule has 5 rings (SSSR count). The molecule has 0 amide bonds. The molecule has 0 spiro atoms. The van der Waals surface area contributed by atoms with Crippen molar-refractivity contribution in [1.29, 1.82) is 5.41 Å². The molecule has 0 radical (unpaired) electrons. The Morgan fingerprint density at radius 2 is 1.81 bits per heavy atom. The molecule has 37 heavy (non-hydrogen) atoms. The number of aliphatic hydroxyl groups is 1. The van der Waals surface area contributed by atoms with Crippen LogP contribution in [0, 0.1) is 22.4 Å². The van der Waals surface area contributed by atoms with Crippen molar-refractivity contribution in [3.05, 3.63) is 121 Å². The van der Waals surface area contributed by atoms with Crippen LogP contribution >= 0.6 is 11.6 Å². The standard InChI is InChI=1S/C29H24ClN3O4/c1-17-11-13-18(14-12-17)28(35)27-25(19-5-2-8-22(15-19)33(36)37)26-23(9-4-10-24(26)34)32(29(27)31)21-7-3-6-20(30)16-21/h2-3,5-8,11-16,25,31,35H,4,9-10H2,1H3/b28-27+,31-29?. The number of nitrogens with one attached hydrogen (secondary N) is 1. The second-order valence-electron chi connectivity index (χ2n) is 9.21. The highest BCUT2D eigenvalue weighted by molar-refractivity contribution is 6.31. The number of rotatable bonds is 4. The zero-order chi connectivity index (χ0) is 26.3. The molecular weight excluding hydrogens is 490 g/mol. The van der Waals surface area contributed by atoms with Crippen molar-refractivity contribution in [2.75, 3.05) is 4.90 Å². The van der Waals surface area contributed by atoms with E-state index in [0.717, 1.165) is 5.56 Å². The van der Waals surface area contributed by atoms with Gasteiger partial charge >= 0.3 is 0 Å². The quantitative estimate of drug-likeness (QED) is 0.219. The number of nitro groups is 1. The second-order valence-corrected chi connectivity index (χ2v) is 9.65. The molecule has 3 aromatic rings. The van der Waals surface area contributed by atoms with Crippen molar-refractivity contribution in [1.82, 2.24) is 0 Å². The molecule has 0 saturated heterocycles. The van der Waals surface area contributed by atoms with Gasteiger partial charge in [0.25, 0.3) is 5.69 Å².